The second kappa shape index (κ2) is 9.37. The van der Waals surface area contributed by atoms with E-state index in [2.05, 4.69) is 30.6 Å². The molecule has 1 amide bonds. The van der Waals surface area contributed by atoms with Crippen molar-refractivity contribution in [2.24, 2.45) is 5.11 Å². The fourth-order valence-corrected chi connectivity index (χ4v) is 4.22. The number of hydrogen-bond acceptors (Lipinski definition) is 8. The van der Waals surface area contributed by atoms with Crippen molar-refractivity contribution in [2.75, 3.05) is 17.2 Å². The highest BCUT2D eigenvalue weighted by Crippen LogP contribution is 2.39. The van der Waals surface area contributed by atoms with Crippen molar-refractivity contribution in [3.05, 3.63) is 39.7 Å². The van der Waals surface area contributed by atoms with Crippen molar-refractivity contribution < 1.29 is 9.53 Å². The minimum atomic E-state index is -0.0747. The van der Waals surface area contributed by atoms with Crippen molar-refractivity contribution in [3.8, 4) is 16.3 Å². The average Bonchev–Trinajstić information content (AvgIpc) is 3.30. The zero-order valence-corrected chi connectivity index (χ0v) is 17.7. The van der Waals surface area contributed by atoms with Crippen molar-refractivity contribution in [1.82, 2.24) is 9.97 Å². The number of para-hydroxylation sites is 1. The zero-order valence-electron chi connectivity index (χ0n) is 16.1. The van der Waals surface area contributed by atoms with Crippen molar-refractivity contribution in [3.63, 3.8) is 0 Å². The number of anilines is 3. The standard InChI is InChI=1S/C18H19N7O2S2/c1-4-14(26)23-18-20-10(3)16(29-18)13-9-28-17(22-13)21-11-7-6-8-12(24-25-19)15(11)27-5-2/h6-9H,4-5H2,1-3H3,(H,21,22)(H,20,23,26). The van der Waals surface area contributed by atoms with Crippen LogP contribution in [0.15, 0.2) is 28.7 Å². The molecule has 0 bridgehead atoms. The number of benzene rings is 1. The normalized spacial score (nSPS) is 10.3. The Morgan fingerprint density at radius 1 is 1.31 bits per heavy atom. The molecule has 0 spiro atoms. The smallest absolute Gasteiger partial charge is 0.225 e. The lowest BCUT2D eigenvalue weighted by molar-refractivity contribution is -0.115. The van der Waals surface area contributed by atoms with Gasteiger partial charge in [-0.1, -0.05) is 29.4 Å². The summed E-state index contributed by atoms with van der Waals surface area (Å²) in [6.07, 6.45) is 0.399. The van der Waals surface area contributed by atoms with Crippen LogP contribution in [-0.2, 0) is 4.79 Å². The van der Waals surface area contributed by atoms with Crippen molar-refractivity contribution in [1.29, 1.82) is 0 Å². The number of carbonyl (C=O) groups excluding carboxylic acids is 1. The zero-order chi connectivity index (χ0) is 20.8. The maximum absolute atomic E-state index is 11.6. The Bertz CT molecular complexity index is 1070. The number of rotatable bonds is 8. The number of hydrogen-bond donors (Lipinski definition) is 2. The number of azide groups is 1. The van der Waals surface area contributed by atoms with E-state index in [1.165, 1.54) is 22.7 Å². The number of nitrogens with one attached hydrogen (secondary N) is 2. The summed E-state index contributed by atoms with van der Waals surface area (Å²) in [4.78, 5) is 24.4. The van der Waals surface area contributed by atoms with Gasteiger partial charge < -0.3 is 15.4 Å². The molecule has 9 nitrogen and oxygen atoms in total. The number of carbonyl (C=O) groups is 1. The molecule has 0 aliphatic rings. The second-order valence-electron chi connectivity index (χ2n) is 5.77. The number of amides is 1. The molecule has 2 heterocycles. The van der Waals surface area contributed by atoms with Crippen LogP contribution in [0.4, 0.5) is 21.6 Å². The quantitative estimate of drug-likeness (QED) is 0.258. The molecular formula is C18H19N7O2S2. The molecule has 0 atom stereocenters. The van der Waals surface area contributed by atoms with Gasteiger partial charge in [-0.15, -0.1) is 11.3 Å². The number of ether oxygens (including phenoxy) is 1. The molecule has 150 valence electrons. The van der Waals surface area contributed by atoms with Gasteiger partial charge in [0.1, 0.15) is 0 Å². The van der Waals surface area contributed by atoms with Gasteiger partial charge in [0.2, 0.25) is 5.91 Å². The molecule has 29 heavy (non-hydrogen) atoms. The van der Waals surface area contributed by atoms with Crippen LogP contribution in [0.25, 0.3) is 21.0 Å². The summed E-state index contributed by atoms with van der Waals surface area (Å²) < 4.78 is 5.66. The molecule has 0 aliphatic carbocycles. The number of nitrogens with zero attached hydrogens (tertiary/aromatic N) is 5. The summed E-state index contributed by atoms with van der Waals surface area (Å²) >= 11 is 2.82. The van der Waals surface area contributed by atoms with E-state index in [-0.39, 0.29) is 5.91 Å². The first-order valence-corrected chi connectivity index (χ1v) is 10.6. The van der Waals surface area contributed by atoms with Gasteiger partial charge in [0.05, 0.1) is 34.2 Å². The molecule has 2 aromatic heterocycles. The minimum Gasteiger partial charge on any atom is -0.491 e. The van der Waals surface area contributed by atoms with Gasteiger partial charge in [0.25, 0.3) is 0 Å². The minimum absolute atomic E-state index is 0.0747. The Morgan fingerprint density at radius 2 is 2.14 bits per heavy atom. The Morgan fingerprint density at radius 3 is 2.86 bits per heavy atom. The topological polar surface area (TPSA) is 125 Å². The molecule has 1 aromatic carbocycles. The van der Waals surface area contributed by atoms with Gasteiger partial charge in [0, 0.05) is 16.7 Å². The van der Waals surface area contributed by atoms with Crippen molar-refractivity contribution >= 4 is 50.2 Å². The lowest BCUT2D eigenvalue weighted by Gasteiger charge is -2.12. The molecule has 0 fully saturated rings. The second-order valence-corrected chi connectivity index (χ2v) is 7.63. The third-order valence-corrected chi connectivity index (χ3v) is 5.63. The fourth-order valence-electron chi connectivity index (χ4n) is 2.49. The number of thiazole rings is 2. The molecule has 3 aromatic rings. The van der Waals surface area contributed by atoms with Crippen LogP contribution in [0.1, 0.15) is 26.0 Å². The van der Waals surface area contributed by atoms with Gasteiger partial charge in [-0.25, -0.2) is 9.97 Å². The number of aryl methyl sites for hydroxylation is 1. The van der Waals surface area contributed by atoms with E-state index in [4.69, 9.17) is 10.3 Å². The Hall–Kier alpha value is -3.14. The molecule has 2 N–H and O–H groups in total. The van der Waals surface area contributed by atoms with Crippen LogP contribution < -0.4 is 15.4 Å². The average molecular weight is 430 g/mol. The van der Waals surface area contributed by atoms with Gasteiger partial charge in [0.15, 0.2) is 16.0 Å². The highest BCUT2D eigenvalue weighted by atomic mass is 32.1. The van der Waals surface area contributed by atoms with Crippen LogP contribution in [0.5, 0.6) is 5.75 Å². The predicted molar refractivity (Wildman–Crippen MR) is 117 cm³/mol. The third-order valence-electron chi connectivity index (χ3n) is 3.78. The summed E-state index contributed by atoms with van der Waals surface area (Å²) in [5.74, 6) is 0.400. The van der Waals surface area contributed by atoms with Crippen LogP contribution in [-0.4, -0.2) is 22.5 Å². The molecular weight excluding hydrogens is 410 g/mol. The first-order chi connectivity index (χ1) is 14.0. The summed E-state index contributed by atoms with van der Waals surface area (Å²) in [5.41, 5.74) is 11.4. The van der Waals surface area contributed by atoms with E-state index < -0.39 is 0 Å². The largest absolute Gasteiger partial charge is 0.491 e. The molecule has 0 saturated carbocycles. The van der Waals surface area contributed by atoms with Crippen LogP contribution >= 0.6 is 22.7 Å². The Labute approximate surface area is 175 Å². The van der Waals surface area contributed by atoms with E-state index in [0.29, 0.717) is 40.4 Å². The van der Waals surface area contributed by atoms with E-state index in [1.54, 1.807) is 19.1 Å². The highest BCUT2D eigenvalue weighted by molar-refractivity contribution is 7.20. The lowest BCUT2D eigenvalue weighted by atomic mass is 10.2. The first kappa shape index (κ1) is 20.6. The van der Waals surface area contributed by atoms with Gasteiger partial charge in [-0.2, -0.15) is 0 Å². The molecule has 0 unspecified atom stereocenters. The fraction of sp³-hybridized carbons (Fsp3) is 0.278. The summed E-state index contributed by atoms with van der Waals surface area (Å²) in [7, 11) is 0. The third kappa shape index (κ3) is 4.83. The van der Waals surface area contributed by atoms with Gasteiger partial charge in [-0.05, 0) is 31.5 Å². The van der Waals surface area contributed by atoms with Crippen LogP contribution in [0.3, 0.4) is 0 Å². The monoisotopic (exact) mass is 429 g/mol. The van der Waals surface area contributed by atoms with Gasteiger partial charge in [-0.3, -0.25) is 4.79 Å². The summed E-state index contributed by atoms with van der Waals surface area (Å²) in [6.45, 7) is 5.97. The van der Waals surface area contributed by atoms with E-state index in [1.807, 2.05) is 25.3 Å². The van der Waals surface area contributed by atoms with E-state index in [9.17, 15) is 4.79 Å². The Balaban J connectivity index is 1.86. The molecule has 0 aliphatic heterocycles. The predicted octanol–water partition coefficient (Wildman–Crippen LogP) is 6.01. The number of aromatic nitrogens is 2. The molecule has 0 radical (unpaired) electrons. The van der Waals surface area contributed by atoms with Crippen molar-refractivity contribution in [2.45, 2.75) is 27.2 Å². The summed E-state index contributed by atoms with van der Waals surface area (Å²) in [5, 5.41) is 12.8. The van der Waals surface area contributed by atoms with Crippen LogP contribution in [0, 0.1) is 6.92 Å². The maximum atomic E-state index is 11.6. The SMILES string of the molecule is CCOc1c(N=[N+]=[N-])cccc1Nc1nc(-c2sc(NC(=O)CC)nc2C)cs1. The molecule has 0 saturated heterocycles. The molecule has 11 heteroatoms. The lowest BCUT2D eigenvalue weighted by Crippen LogP contribution is -2.08. The summed E-state index contributed by atoms with van der Waals surface area (Å²) in [6, 6.07) is 5.30. The first-order valence-electron chi connectivity index (χ1n) is 8.86. The highest BCUT2D eigenvalue weighted by Gasteiger charge is 2.16. The van der Waals surface area contributed by atoms with Crippen LogP contribution in [0.2, 0.25) is 0 Å². The van der Waals surface area contributed by atoms with Gasteiger partial charge >= 0.3 is 0 Å². The molecule has 3 rings (SSSR count). The maximum Gasteiger partial charge on any atom is 0.225 e. The Kier molecular flexibility index (Phi) is 6.65. The van der Waals surface area contributed by atoms with E-state index >= 15 is 0 Å². The van der Waals surface area contributed by atoms with E-state index in [0.717, 1.165) is 16.3 Å².